The molecule has 0 radical (unpaired) electrons. The number of hydrogen-bond donors (Lipinski definition) is 1. The summed E-state index contributed by atoms with van der Waals surface area (Å²) in [5.74, 6) is 1.03. The highest BCUT2D eigenvalue weighted by atomic mass is 32.2. The van der Waals surface area contributed by atoms with Gasteiger partial charge < -0.3 is 4.42 Å². The second-order valence-electron chi connectivity index (χ2n) is 6.96. The van der Waals surface area contributed by atoms with Gasteiger partial charge in [0.25, 0.3) is 5.91 Å². The molecule has 1 N–H and O–H groups in total. The Hall–Kier alpha value is -2.45. The number of carbonyl (C=O) groups is 1. The van der Waals surface area contributed by atoms with Crippen molar-refractivity contribution in [3.05, 3.63) is 53.0 Å². The third-order valence-corrected chi connectivity index (χ3v) is 6.70. The molecule has 150 valence electrons. The number of amides is 1. The molecular formula is C20H25N3O4S. The minimum Gasteiger partial charge on any atom is -0.466 e. The summed E-state index contributed by atoms with van der Waals surface area (Å²) in [6, 6.07) is 7.92. The fourth-order valence-corrected chi connectivity index (χ4v) is 4.87. The molecule has 3 rings (SSSR count). The number of nitrogens with zero attached hydrogens (tertiary/aromatic N) is 2. The van der Waals surface area contributed by atoms with Crippen molar-refractivity contribution in [1.29, 1.82) is 0 Å². The van der Waals surface area contributed by atoms with E-state index in [1.165, 1.54) is 16.4 Å². The lowest BCUT2D eigenvalue weighted by Gasteiger charge is -2.25. The molecular weight excluding hydrogens is 378 g/mol. The number of hydrogen-bond acceptors (Lipinski definition) is 5. The number of piperidine rings is 1. The van der Waals surface area contributed by atoms with Crippen LogP contribution >= 0.6 is 0 Å². The second-order valence-corrected chi connectivity index (χ2v) is 8.90. The number of benzene rings is 1. The Balaban J connectivity index is 1.77. The van der Waals surface area contributed by atoms with Gasteiger partial charge in [0.1, 0.15) is 11.5 Å². The summed E-state index contributed by atoms with van der Waals surface area (Å²) in [7, 11) is -3.59. The fourth-order valence-electron chi connectivity index (χ4n) is 3.30. The van der Waals surface area contributed by atoms with Crippen LogP contribution in [0.2, 0.25) is 0 Å². The van der Waals surface area contributed by atoms with Crippen LogP contribution in [0.4, 0.5) is 0 Å². The zero-order chi connectivity index (χ0) is 20.3. The van der Waals surface area contributed by atoms with E-state index in [0.29, 0.717) is 18.8 Å². The Labute approximate surface area is 165 Å². The molecule has 0 unspecified atom stereocenters. The molecule has 1 aromatic heterocycles. The van der Waals surface area contributed by atoms with Crippen LogP contribution in [-0.4, -0.2) is 37.4 Å². The van der Waals surface area contributed by atoms with E-state index in [2.05, 4.69) is 10.5 Å². The number of carbonyl (C=O) groups excluding carboxylic acids is 1. The highest BCUT2D eigenvalue weighted by Gasteiger charge is 2.26. The SMILES string of the molecule is C/C(=N/NC(=O)c1cccc(S(=O)(=O)N2CCCCC2)c1)c1cc(C)oc1C. The van der Waals surface area contributed by atoms with Crippen LogP contribution in [0.25, 0.3) is 0 Å². The first-order valence-electron chi connectivity index (χ1n) is 9.31. The summed E-state index contributed by atoms with van der Waals surface area (Å²) in [4.78, 5) is 12.6. The molecule has 1 aromatic carbocycles. The summed E-state index contributed by atoms with van der Waals surface area (Å²) < 4.78 is 32.6. The molecule has 2 heterocycles. The van der Waals surface area contributed by atoms with Crippen molar-refractivity contribution in [3.63, 3.8) is 0 Å². The van der Waals surface area contributed by atoms with Crippen LogP contribution < -0.4 is 5.43 Å². The smallest absolute Gasteiger partial charge is 0.271 e. The van der Waals surface area contributed by atoms with E-state index < -0.39 is 15.9 Å². The molecule has 28 heavy (non-hydrogen) atoms. The molecule has 1 aliphatic rings. The molecule has 0 spiro atoms. The number of hydrazone groups is 1. The van der Waals surface area contributed by atoms with Crippen molar-refractivity contribution in [1.82, 2.24) is 9.73 Å². The first-order chi connectivity index (χ1) is 13.3. The first kappa shape index (κ1) is 20.3. The second kappa shape index (κ2) is 8.28. The molecule has 1 aliphatic heterocycles. The van der Waals surface area contributed by atoms with Gasteiger partial charge in [0, 0.05) is 24.2 Å². The van der Waals surface area contributed by atoms with E-state index in [-0.39, 0.29) is 10.5 Å². The van der Waals surface area contributed by atoms with Crippen LogP contribution in [0.3, 0.4) is 0 Å². The minimum atomic E-state index is -3.59. The van der Waals surface area contributed by atoms with Crippen LogP contribution in [0.5, 0.6) is 0 Å². The van der Waals surface area contributed by atoms with Gasteiger partial charge in [-0.2, -0.15) is 9.41 Å². The van der Waals surface area contributed by atoms with Crippen molar-refractivity contribution < 1.29 is 17.6 Å². The Kier molecular flexibility index (Phi) is 6.00. The van der Waals surface area contributed by atoms with Crippen LogP contribution in [0.15, 0.2) is 44.7 Å². The highest BCUT2D eigenvalue weighted by Crippen LogP contribution is 2.21. The van der Waals surface area contributed by atoms with E-state index in [1.807, 2.05) is 19.9 Å². The summed E-state index contributed by atoms with van der Waals surface area (Å²) in [5, 5.41) is 4.12. The molecule has 1 fully saturated rings. The summed E-state index contributed by atoms with van der Waals surface area (Å²) in [5.41, 5.74) is 4.17. The molecule has 0 saturated carbocycles. The van der Waals surface area contributed by atoms with Crippen molar-refractivity contribution in [2.75, 3.05) is 13.1 Å². The first-order valence-corrected chi connectivity index (χ1v) is 10.8. The van der Waals surface area contributed by atoms with Gasteiger partial charge in [0.05, 0.1) is 10.6 Å². The predicted octanol–water partition coefficient (Wildman–Crippen LogP) is 3.23. The Morgan fingerprint density at radius 2 is 1.86 bits per heavy atom. The summed E-state index contributed by atoms with van der Waals surface area (Å²) >= 11 is 0. The predicted molar refractivity (Wildman–Crippen MR) is 107 cm³/mol. The van der Waals surface area contributed by atoms with Crippen molar-refractivity contribution in [2.45, 2.75) is 44.9 Å². The number of aryl methyl sites for hydroxylation is 2. The lowest BCUT2D eigenvalue weighted by molar-refractivity contribution is 0.0954. The standard InChI is InChI=1S/C20H25N3O4S/c1-14-12-19(16(3)27-14)15(2)21-22-20(24)17-8-7-9-18(13-17)28(25,26)23-10-5-4-6-11-23/h7-9,12-13H,4-6,10-11H2,1-3H3,(H,22,24)/b21-15-. The quantitative estimate of drug-likeness (QED) is 0.613. The lowest BCUT2D eigenvalue weighted by Crippen LogP contribution is -2.35. The van der Waals surface area contributed by atoms with Gasteiger partial charge in [-0.15, -0.1) is 0 Å². The maximum absolute atomic E-state index is 12.8. The average molecular weight is 404 g/mol. The van der Waals surface area contributed by atoms with Crippen LogP contribution in [0.1, 0.15) is 53.6 Å². The van der Waals surface area contributed by atoms with E-state index in [1.54, 1.807) is 19.1 Å². The van der Waals surface area contributed by atoms with E-state index in [9.17, 15) is 13.2 Å². The monoisotopic (exact) mass is 403 g/mol. The third kappa shape index (κ3) is 4.34. The summed E-state index contributed by atoms with van der Waals surface area (Å²) in [6.45, 7) is 6.49. The van der Waals surface area contributed by atoms with Gasteiger partial charge in [-0.3, -0.25) is 4.79 Å². The lowest BCUT2D eigenvalue weighted by atomic mass is 10.2. The molecule has 8 heteroatoms. The third-order valence-electron chi connectivity index (χ3n) is 4.80. The zero-order valence-corrected chi connectivity index (χ0v) is 17.2. The Morgan fingerprint density at radius 1 is 1.14 bits per heavy atom. The molecule has 2 aromatic rings. The Bertz CT molecular complexity index is 1000. The molecule has 0 bridgehead atoms. The highest BCUT2D eigenvalue weighted by molar-refractivity contribution is 7.89. The van der Waals surface area contributed by atoms with E-state index in [0.717, 1.165) is 36.3 Å². The normalized spacial score (nSPS) is 16.2. The largest absolute Gasteiger partial charge is 0.466 e. The van der Waals surface area contributed by atoms with E-state index in [4.69, 9.17) is 4.42 Å². The van der Waals surface area contributed by atoms with Gasteiger partial charge in [-0.1, -0.05) is 12.5 Å². The molecule has 0 aliphatic carbocycles. The van der Waals surface area contributed by atoms with Gasteiger partial charge in [-0.05, 0) is 57.9 Å². The van der Waals surface area contributed by atoms with Gasteiger partial charge in [0.2, 0.25) is 10.0 Å². The molecule has 7 nitrogen and oxygen atoms in total. The molecule has 1 amide bonds. The topological polar surface area (TPSA) is 92.0 Å². The van der Waals surface area contributed by atoms with E-state index >= 15 is 0 Å². The number of nitrogens with one attached hydrogen (secondary N) is 1. The number of furan rings is 1. The van der Waals surface area contributed by atoms with Crippen LogP contribution in [0, 0.1) is 13.8 Å². The molecule has 1 saturated heterocycles. The number of rotatable bonds is 5. The summed E-state index contributed by atoms with van der Waals surface area (Å²) in [6.07, 6.45) is 2.77. The zero-order valence-electron chi connectivity index (χ0n) is 16.4. The van der Waals surface area contributed by atoms with Crippen LogP contribution in [-0.2, 0) is 10.0 Å². The maximum atomic E-state index is 12.8. The number of sulfonamides is 1. The Morgan fingerprint density at radius 3 is 2.50 bits per heavy atom. The van der Waals surface area contributed by atoms with Crippen molar-refractivity contribution >= 4 is 21.6 Å². The van der Waals surface area contributed by atoms with Gasteiger partial charge in [0.15, 0.2) is 0 Å². The maximum Gasteiger partial charge on any atom is 0.271 e. The van der Waals surface area contributed by atoms with Crippen molar-refractivity contribution in [3.8, 4) is 0 Å². The minimum absolute atomic E-state index is 0.129. The van der Waals surface area contributed by atoms with Crippen molar-refractivity contribution in [2.24, 2.45) is 5.10 Å². The van der Waals surface area contributed by atoms with Gasteiger partial charge >= 0.3 is 0 Å². The average Bonchev–Trinajstić information content (AvgIpc) is 3.04. The fraction of sp³-hybridized carbons (Fsp3) is 0.400. The molecule has 0 atom stereocenters. The van der Waals surface area contributed by atoms with Gasteiger partial charge in [-0.25, -0.2) is 13.8 Å².